The molecule has 0 bridgehead atoms. The summed E-state index contributed by atoms with van der Waals surface area (Å²) in [7, 11) is 1.57. The Bertz CT molecular complexity index is 502. The number of halogens is 1. The summed E-state index contributed by atoms with van der Waals surface area (Å²) in [4.78, 5) is 4.24. The molecule has 1 unspecified atom stereocenters. The molecule has 0 radical (unpaired) electrons. The Kier molecular flexibility index (Phi) is 3.78. The summed E-state index contributed by atoms with van der Waals surface area (Å²) in [6.45, 7) is 0.330. The first-order valence-electron chi connectivity index (χ1n) is 5.11. The molecule has 0 aliphatic carbocycles. The lowest BCUT2D eigenvalue weighted by atomic mass is 10.3. The zero-order chi connectivity index (χ0) is 12.3. The number of methoxy groups -OCH3 is 1. The van der Waals surface area contributed by atoms with Gasteiger partial charge in [0.15, 0.2) is 5.65 Å². The van der Waals surface area contributed by atoms with Gasteiger partial charge in [0.2, 0.25) is 5.95 Å². The lowest BCUT2D eigenvalue weighted by molar-refractivity contribution is 0.153. The van der Waals surface area contributed by atoms with Gasteiger partial charge in [-0.15, -0.1) is 5.10 Å². The van der Waals surface area contributed by atoms with Crippen LogP contribution in [-0.2, 0) is 4.74 Å². The van der Waals surface area contributed by atoms with Gasteiger partial charge in [0.1, 0.15) is 0 Å². The lowest BCUT2D eigenvalue weighted by Gasteiger charge is -2.12. The van der Waals surface area contributed by atoms with Crippen molar-refractivity contribution in [3.8, 4) is 0 Å². The van der Waals surface area contributed by atoms with E-state index in [1.54, 1.807) is 30.0 Å². The number of hydrogen-bond donors (Lipinski definition) is 2. The second kappa shape index (κ2) is 5.31. The van der Waals surface area contributed by atoms with Gasteiger partial charge >= 0.3 is 0 Å². The van der Waals surface area contributed by atoms with Crippen LogP contribution in [0.5, 0.6) is 0 Å². The highest BCUT2D eigenvalue weighted by molar-refractivity contribution is 6.30. The van der Waals surface area contributed by atoms with Crippen LogP contribution in [0.2, 0.25) is 5.02 Å². The van der Waals surface area contributed by atoms with E-state index in [2.05, 4.69) is 15.4 Å². The first kappa shape index (κ1) is 12.1. The van der Waals surface area contributed by atoms with Crippen LogP contribution in [0, 0.1) is 0 Å². The van der Waals surface area contributed by atoms with Crippen molar-refractivity contribution in [1.29, 1.82) is 0 Å². The molecule has 2 heterocycles. The van der Waals surface area contributed by atoms with E-state index >= 15 is 0 Å². The normalized spacial score (nSPS) is 12.9. The minimum Gasteiger partial charge on any atom is -0.394 e. The minimum atomic E-state index is -0.229. The number of aromatic nitrogens is 3. The Balaban J connectivity index is 2.18. The summed E-state index contributed by atoms with van der Waals surface area (Å²) in [5, 5.41) is 16.9. The van der Waals surface area contributed by atoms with Crippen molar-refractivity contribution in [1.82, 2.24) is 14.6 Å². The summed E-state index contributed by atoms with van der Waals surface area (Å²) in [6.07, 6.45) is 1.67. The molecule has 2 aromatic heterocycles. The maximum absolute atomic E-state index is 9.11. The molecule has 6 nitrogen and oxygen atoms in total. The van der Waals surface area contributed by atoms with Crippen LogP contribution in [0.15, 0.2) is 18.3 Å². The van der Waals surface area contributed by atoms with E-state index in [0.717, 1.165) is 0 Å². The molecule has 92 valence electrons. The SMILES string of the molecule is COCC(CO)Nc1nc2ccc(Cl)cn2n1. The van der Waals surface area contributed by atoms with Crippen LogP contribution < -0.4 is 5.32 Å². The smallest absolute Gasteiger partial charge is 0.243 e. The maximum atomic E-state index is 9.11. The van der Waals surface area contributed by atoms with Gasteiger partial charge in [0, 0.05) is 13.3 Å². The van der Waals surface area contributed by atoms with Crippen molar-refractivity contribution in [2.75, 3.05) is 25.6 Å². The van der Waals surface area contributed by atoms with Crippen LogP contribution in [0.3, 0.4) is 0 Å². The largest absolute Gasteiger partial charge is 0.394 e. The molecule has 0 aromatic carbocycles. The van der Waals surface area contributed by atoms with Crippen molar-refractivity contribution in [3.63, 3.8) is 0 Å². The molecule has 0 aliphatic heterocycles. The molecule has 0 aliphatic rings. The zero-order valence-corrected chi connectivity index (χ0v) is 10.1. The predicted octanol–water partition coefficient (Wildman–Crippen LogP) is 0.802. The van der Waals surface area contributed by atoms with E-state index < -0.39 is 0 Å². The number of ether oxygens (including phenoxy) is 1. The third-order valence-corrected chi connectivity index (χ3v) is 2.44. The highest BCUT2D eigenvalue weighted by Crippen LogP contribution is 2.11. The second-order valence-electron chi connectivity index (χ2n) is 3.56. The Morgan fingerprint density at radius 3 is 3.12 bits per heavy atom. The molecule has 2 N–H and O–H groups in total. The zero-order valence-electron chi connectivity index (χ0n) is 9.30. The number of aliphatic hydroxyl groups is 1. The average molecular weight is 257 g/mol. The number of pyridine rings is 1. The Hall–Kier alpha value is -1.37. The number of aliphatic hydroxyl groups excluding tert-OH is 1. The molecule has 7 heteroatoms. The molecule has 2 rings (SSSR count). The first-order chi connectivity index (χ1) is 8.22. The van der Waals surface area contributed by atoms with Crippen molar-refractivity contribution >= 4 is 23.2 Å². The van der Waals surface area contributed by atoms with E-state index in [4.69, 9.17) is 21.4 Å². The number of nitrogens with one attached hydrogen (secondary N) is 1. The second-order valence-corrected chi connectivity index (χ2v) is 4.00. The van der Waals surface area contributed by atoms with E-state index in [-0.39, 0.29) is 12.6 Å². The molecule has 0 spiro atoms. The van der Waals surface area contributed by atoms with E-state index in [1.807, 2.05) is 0 Å². The molecular weight excluding hydrogens is 244 g/mol. The summed E-state index contributed by atoms with van der Waals surface area (Å²) in [6, 6.07) is 3.28. The number of hydrogen-bond acceptors (Lipinski definition) is 5. The number of anilines is 1. The fourth-order valence-electron chi connectivity index (χ4n) is 1.44. The van der Waals surface area contributed by atoms with Gasteiger partial charge in [0.05, 0.1) is 24.3 Å². The van der Waals surface area contributed by atoms with Crippen LogP contribution in [0.25, 0.3) is 5.65 Å². The standard InChI is InChI=1S/C10H13ClN4O2/c1-17-6-8(5-16)12-10-13-9-3-2-7(11)4-15(9)14-10/h2-4,8,16H,5-6H2,1H3,(H,12,14). The fraction of sp³-hybridized carbons (Fsp3) is 0.400. The van der Waals surface area contributed by atoms with E-state index in [9.17, 15) is 0 Å². The number of fused-ring (bicyclic) bond motifs is 1. The molecule has 17 heavy (non-hydrogen) atoms. The number of nitrogens with zero attached hydrogens (tertiary/aromatic N) is 3. The van der Waals surface area contributed by atoms with Gasteiger partial charge in [-0.05, 0) is 12.1 Å². The van der Waals surface area contributed by atoms with Gasteiger partial charge in [-0.1, -0.05) is 11.6 Å². The van der Waals surface area contributed by atoms with Gasteiger partial charge in [-0.3, -0.25) is 0 Å². The highest BCUT2D eigenvalue weighted by Gasteiger charge is 2.10. The summed E-state index contributed by atoms with van der Waals surface area (Å²) >= 11 is 5.84. The van der Waals surface area contributed by atoms with Crippen LogP contribution >= 0.6 is 11.6 Å². The third-order valence-electron chi connectivity index (χ3n) is 2.22. The Labute approximate surface area is 103 Å². The fourth-order valence-corrected chi connectivity index (χ4v) is 1.60. The van der Waals surface area contributed by atoms with Crippen molar-refractivity contribution in [2.24, 2.45) is 0 Å². The molecular formula is C10H13ClN4O2. The molecule has 0 amide bonds. The summed E-state index contributed by atoms with van der Waals surface area (Å²) < 4.78 is 6.53. The van der Waals surface area contributed by atoms with Gasteiger partial charge in [-0.25, -0.2) is 4.52 Å². The average Bonchev–Trinajstić information content (AvgIpc) is 2.69. The Morgan fingerprint density at radius 2 is 2.41 bits per heavy atom. The van der Waals surface area contributed by atoms with Crippen molar-refractivity contribution in [2.45, 2.75) is 6.04 Å². The third kappa shape index (κ3) is 2.85. The van der Waals surface area contributed by atoms with E-state index in [1.165, 1.54) is 0 Å². The molecule has 0 saturated carbocycles. The predicted molar refractivity (Wildman–Crippen MR) is 64.4 cm³/mol. The molecule has 2 aromatic rings. The molecule has 1 atom stereocenters. The van der Waals surface area contributed by atoms with Crippen LogP contribution in [0.1, 0.15) is 0 Å². The monoisotopic (exact) mass is 256 g/mol. The van der Waals surface area contributed by atoms with Gasteiger partial charge in [0.25, 0.3) is 0 Å². The number of rotatable bonds is 5. The minimum absolute atomic E-state index is 0.0514. The lowest BCUT2D eigenvalue weighted by Crippen LogP contribution is -2.29. The maximum Gasteiger partial charge on any atom is 0.243 e. The molecule has 0 saturated heterocycles. The van der Waals surface area contributed by atoms with Crippen LogP contribution in [-0.4, -0.2) is 46.1 Å². The summed E-state index contributed by atoms with van der Waals surface area (Å²) in [5.41, 5.74) is 0.686. The van der Waals surface area contributed by atoms with Gasteiger partial charge in [-0.2, -0.15) is 4.98 Å². The Morgan fingerprint density at radius 1 is 1.59 bits per heavy atom. The van der Waals surface area contributed by atoms with Crippen molar-refractivity contribution in [3.05, 3.63) is 23.4 Å². The topological polar surface area (TPSA) is 71.7 Å². The van der Waals surface area contributed by atoms with E-state index in [0.29, 0.717) is 23.2 Å². The van der Waals surface area contributed by atoms with Crippen molar-refractivity contribution < 1.29 is 9.84 Å². The van der Waals surface area contributed by atoms with Crippen LogP contribution in [0.4, 0.5) is 5.95 Å². The molecule has 0 fully saturated rings. The van der Waals surface area contributed by atoms with Gasteiger partial charge < -0.3 is 15.2 Å². The quantitative estimate of drug-likeness (QED) is 0.828. The summed E-state index contributed by atoms with van der Waals surface area (Å²) in [5.74, 6) is 0.434. The highest BCUT2D eigenvalue weighted by atomic mass is 35.5. The first-order valence-corrected chi connectivity index (χ1v) is 5.49.